The van der Waals surface area contributed by atoms with E-state index < -0.39 is 0 Å². The second-order valence-electron chi connectivity index (χ2n) is 6.37. The van der Waals surface area contributed by atoms with Crippen molar-refractivity contribution in [1.82, 2.24) is 5.32 Å². The third-order valence-electron chi connectivity index (χ3n) is 3.88. The van der Waals surface area contributed by atoms with Gasteiger partial charge in [-0.25, -0.2) is 0 Å². The second kappa shape index (κ2) is 5.93. The summed E-state index contributed by atoms with van der Waals surface area (Å²) in [7, 11) is 1.77. The lowest BCUT2D eigenvalue weighted by Crippen LogP contribution is -2.47. The number of rotatable bonds is 3. The first-order valence-corrected chi connectivity index (χ1v) is 7.07. The fourth-order valence-corrected chi connectivity index (χ4v) is 2.58. The van der Waals surface area contributed by atoms with Crippen molar-refractivity contribution >= 4 is 5.69 Å². The molecule has 0 saturated heterocycles. The maximum absolute atomic E-state index is 5.26. The first-order valence-electron chi connectivity index (χ1n) is 7.07. The van der Waals surface area contributed by atoms with E-state index in [1.165, 1.54) is 11.3 Å². The minimum atomic E-state index is 0.257. The highest BCUT2D eigenvalue weighted by atomic mass is 16.5. The molecule has 19 heavy (non-hydrogen) atoms. The summed E-state index contributed by atoms with van der Waals surface area (Å²) in [6.45, 7) is 10.6. The summed E-state index contributed by atoms with van der Waals surface area (Å²) in [6, 6.07) is 9.16. The molecule has 0 amide bonds. The quantitative estimate of drug-likeness (QED) is 0.906. The third kappa shape index (κ3) is 3.48. The Labute approximate surface area is 116 Å². The molecule has 0 aromatic heterocycles. The summed E-state index contributed by atoms with van der Waals surface area (Å²) < 4.78 is 5.26. The van der Waals surface area contributed by atoms with Crippen molar-refractivity contribution in [3.05, 3.63) is 29.8 Å². The average Bonchev–Trinajstić information content (AvgIpc) is 2.55. The van der Waals surface area contributed by atoms with E-state index in [9.17, 15) is 0 Å². The van der Waals surface area contributed by atoms with Gasteiger partial charge in [-0.2, -0.15) is 0 Å². The second-order valence-corrected chi connectivity index (χ2v) is 6.37. The number of benzene rings is 1. The predicted molar refractivity (Wildman–Crippen MR) is 80.6 cm³/mol. The van der Waals surface area contributed by atoms with Crippen LogP contribution in [0.4, 0.5) is 5.69 Å². The molecule has 1 aliphatic heterocycles. The van der Waals surface area contributed by atoms with E-state index >= 15 is 0 Å². The molecule has 0 spiro atoms. The van der Waals surface area contributed by atoms with E-state index in [4.69, 9.17) is 4.74 Å². The highest BCUT2D eigenvalue weighted by molar-refractivity contribution is 5.54. The lowest BCUT2D eigenvalue weighted by molar-refractivity contribution is 0.201. The monoisotopic (exact) mass is 262 g/mol. The van der Waals surface area contributed by atoms with Gasteiger partial charge < -0.3 is 15.0 Å². The number of para-hydroxylation sites is 1. The van der Waals surface area contributed by atoms with Crippen molar-refractivity contribution in [2.24, 2.45) is 5.41 Å². The van der Waals surface area contributed by atoms with Crippen LogP contribution in [0.15, 0.2) is 24.3 Å². The van der Waals surface area contributed by atoms with Crippen molar-refractivity contribution in [3.8, 4) is 0 Å². The number of hydrogen-bond acceptors (Lipinski definition) is 3. The Morgan fingerprint density at radius 1 is 1.32 bits per heavy atom. The molecule has 0 saturated carbocycles. The van der Waals surface area contributed by atoms with Crippen LogP contribution >= 0.6 is 0 Å². The molecule has 1 aliphatic rings. The smallest absolute Gasteiger partial charge is 0.0637 e. The van der Waals surface area contributed by atoms with Gasteiger partial charge in [0.15, 0.2) is 0 Å². The van der Waals surface area contributed by atoms with Crippen LogP contribution in [0.5, 0.6) is 0 Å². The Balaban J connectivity index is 2.24. The molecule has 1 unspecified atom stereocenters. The minimum absolute atomic E-state index is 0.257. The fraction of sp³-hybridized carbons (Fsp3) is 0.625. The largest absolute Gasteiger partial charge is 0.383 e. The van der Waals surface area contributed by atoms with Crippen molar-refractivity contribution in [2.75, 3.05) is 31.7 Å². The van der Waals surface area contributed by atoms with Crippen molar-refractivity contribution < 1.29 is 4.74 Å². The van der Waals surface area contributed by atoms with Crippen LogP contribution in [0.2, 0.25) is 0 Å². The van der Waals surface area contributed by atoms with Crippen molar-refractivity contribution in [3.63, 3.8) is 0 Å². The lowest BCUT2D eigenvalue weighted by atomic mass is 9.86. The summed E-state index contributed by atoms with van der Waals surface area (Å²) in [5.74, 6) is 0. The van der Waals surface area contributed by atoms with Gasteiger partial charge in [0.25, 0.3) is 0 Å². The Morgan fingerprint density at radius 2 is 2.05 bits per heavy atom. The molecule has 0 radical (unpaired) electrons. The third-order valence-corrected chi connectivity index (χ3v) is 3.88. The number of methoxy groups -OCH3 is 1. The molecule has 1 N–H and O–H groups in total. The highest BCUT2D eigenvalue weighted by Gasteiger charge is 2.29. The van der Waals surface area contributed by atoms with Crippen LogP contribution in [0, 0.1) is 5.41 Å². The van der Waals surface area contributed by atoms with E-state index in [0.29, 0.717) is 6.04 Å². The number of nitrogens with zero attached hydrogens (tertiary/aromatic N) is 1. The molecule has 2 rings (SSSR count). The number of ether oxygens (including phenoxy) is 1. The molecule has 1 aromatic carbocycles. The summed E-state index contributed by atoms with van der Waals surface area (Å²) in [5, 5.41) is 3.70. The van der Waals surface area contributed by atoms with Crippen LogP contribution in [0.25, 0.3) is 0 Å². The number of fused-ring (bicyclic) bond motifs is 1. The van der Waals surface area contributed by atoms with Crippen LogP contribution in [0.3, 0.4) is 0 Å². The first kappa shape index (κ1) is 14.4. The molecule has 0 fully saturated rings. The van der Waals surface area contributed by atoms with Gasteiger partial charge in [0, 0.05) is 38.5 Å². The zero-order chi connectivity index (χ0) is 13.9. The molecule has 1 heterocycles. The van der Waals surface area contributed by atoms with Crippen LogP contribution in [0.1, 0.15) is 26.3 Å². The minimum Gasteiger partial charge on any atom is -0.383 e. The maximum atomic E-state index is 5.26. The molecule has 106 valence electrons. The van der Waals surface area contributed by atoms with Gasteiger partial charge >= 0.3 is 0 Å². The molecule has 1 aromatic rings. The SMILES string of the molecule is COCCN1CC(C(C)(C)C)NCc2ccccc21. The molecule has 0 bridgehead atoms. The van der Waals surface area contributed by atoms with Crippen LogP contribution < -0.4 is 10.2 Å². The molecular formula is C16H26N2O. The standard InChI is InChI=1S/C16H26N2O/c1-16(2,3)15-12-18(9-10-19-4)14-8-6-5-7-13(14)11-17-15/h5-8,15,17H,9-12H2,1-4H3. The average molecular weight is 262 g/mol. The summed E-state index contributed by atoms with van der Waals surface area (Å²) in [5.41, 5.74) is 2.98. The van der Waals surface area contributed by atoms with Gasteiger partial charge in [0.1, 0.15) is 0 Å². The predicted octanol–water partition coefficient (Wildman–Crippen LogP) is 2.66. The molecule has 3 nitrogen and oxygen atoms in total. The first-order chi connectivity index (χ1) is 9.02. The Hall–Kier alpha value is -1.06. The van der Waals surface area contributed by atoms with Crippen LogP contribution in [-0.2, 0) is 11.3 Å². The summed E-state index contributed by atoms with van der Waals surface area (Å²) >= 11 is 0. The van der Waals surface area contributed by atoms with Gasteiger partial charge in [-0.05, 0) is 17.0 Å². The number of hydrogen-bond donors (Lipinski definition) is 1. The van der Waals surface area contributed by atoms with E-state index in [2.05, 4.69) is 55.3 Å². The van der Waals surface area contributed by atoms with Gasteiger partial charge in [-0.3, -0.25) is 0 Å². The fourth-order valence-electron chi connectivity index (χ4n) is 2.58. The van der Waals surface area contributed by atoms with Crippen molar-refractivity contribution in [2.45, 2.75) is 33.4 Å². The van der Waals surface area contributed by atoms with E-state index in [1.54, 1.807) is 7.11 Å². The number of nitrogens with one attached hydrogen (secondary N) is 1. The zero-order valence-electron chi connectivity index (χ0n) is 12.6. The molecule has 0 aliphatic carbocycles. The lowest BCUT2D eigenvalue weighted by Gasteiger charge is -2.34. The zero-order valence-corrected chi connectivity index (χ0v) is 12.6. The molecule has 3 heteroatoms. The molecule has 1 atom stereocenters. The Morgan fingerprint density at radius 3 is 2.74 bits per heavy atom. The summed E-state index contributed by atoms with van der Waals surface area (Å²) in [6.07, 6.45) is 0. The maximum Gasteiger partial charge on any atom is 0.0637 e. The van der Waals surface area contributed by atoms with Crippen LogP contribution in [-0.4, -0.2) is 32.8 Å². The highest BCUT2D eigenvalue weighted by Crippen LogP contribution is 2.28. The van der Waals surface area contributed by atoms with Gasteiger partial charge in [0.2, 0.25) is 0 Å². The van der Waals surface area contributed by atoms with Gasteiger partial charge in [-0.15, -0.1) is 0 Å². The van der Waals surface area contributed by atoms with Gasteiger partial charge in [-0.1, -0.05) is 39.0 Å². The number of anilines is 1. The Kier molecular flexibility index (Phi) is 4.48. The van der Waals surface area contributed by atoms with Gasteiger partial charge in [0.05, 0.1) is 6.61 Å². The van der Waals surface area contributed by atoms with E-state index in [0.717, 1.165) is 26.2 Å². The van der Waals surface area contributed by atoms with E-state index in [-0.39, 0.29) is 5.41 Å². The van der Waals surface area contributed by atoms with E-state index in [1.807, 2.05) is 0 Å². The normalized spacial score (nSPS) is 20.0. The Bertz CT molecular complexity index is 411. The topological polar surface area (TPSA) is 24.5 Å². The summed E-state index contributed by atoms with van der Waals surface area (Å²) in [4.78, 5) is 2.45. The molecular weight excluding hydrogens is 236 g/mol. The van der Waals surface area contributed by atoms with Crippen molar-refractivity contribution in [1.29, 1.82) is 0 Å².